The van der Waals surface area contributed by atoms with Crippen LogP contribution >= 0.6 is 0 Å². The summed E-state index contributed by atoms with van der Waals surface area (Å²) in [4.78, 5) is 0. The van der Waals surface area contributed by atoms with E-state index in [4.69, 9.17) is 0 Å². The minimum Gasteiger partial charge on any atom is -0.253 e. The third-order valence-electron chi connectivity index (χ3n) is 3.40. The largest absolute Gasteiger partial charge is 0.460 e. The van der Waals surface area contributed by atoms with Gasteiger partial charge in [0.25, 0.3) is 0 Å². The third-order valence-corrected chi connectivity index (χ3v) is 3.40. The summed E-state index contributed by atoms with van der Waals surface area (Å²) in [6.07, 6.45) is -8.03. The lowest BCUT2D eigenvalue weighted by Gasteiger charge is -2.41. The van der Waals surface area contributed by atoms with Crippen LogP contribution in [0.5, 0.6) is 0 Å². The summed E-state index contributed by atoms with van der Waals surface area (Å²) in [6.45, 7) is 1.40. The molecule has 0 amide bonds. The fourth-order valence-electron chi connectivity index (χ4n) is 1.60. The lowest BCUT2D eigenvalue weighted by Crippen LogP contribution is -2.74. The number of nitrogens with one attached hydrogen (secondary N) is 1. The van der Waals surface area contributed by atoms with Crippen molar-refractivity contribution >= 4 is 0 Å². The Kier molecular flexibility index (Phi) is 7.02. The van der Waals surface area contributed by atoms with E-state index in [2.05, 4.69) is 0 Å². The molecule has 0 aliphatic carbocycles. The Labute approximate surface area is 147 Å². The highest BCUT2D eigenvalue weighted by Gasteiger charge is 2.93. The van der Waals surface area contributed by atoms with Crippen LogP contribution in [0.1, 0.15) is 20.3 Å². The van der Waals surface area contributed by atoms with Gasteiger partial charge in [-0.25, -0.2) is 0 Å². The maximum absolute atomic E-state index is 13.3. The second kappa shape index (κ2) is 7.31. The molecule has 0 aromatic rings. The molecule has 0 rings (SSSR count). The molecule has 0 saturated heterocycles. The summed E-state index contributed by atoms with van der Waals surface area (Å²) in [6, 6.07) is -6.38. The number of hydrogen-bond donors (Lipinski definition) is 1. The molecule has 170 valence electrons. The lowest BCUT2D eigenvalue weighted by molar-refractivity contribution is -0.454. The van der Waals surface area contributed by atoms with Crippen molar-refractivity contribution in [2.75, 3.05) is 6.54 Å². The van der Waals surface area contributed by atoms with Crippen LogP contribution in [0.4, 0.5) is 65.9 Å². The van der Waals surface area contributed by atoms with Gasteiger partial charge in [-0.05, 0) is 12.3 Å². The molecule has 0 atom stereocenters. The van der Waals surface area contributed by atoms with Crippen molar-refractivity contribution in [3.63, 3.8) is 0 Å². The molecule has 0 aromatic heterocycles. The van der Waals surface area contributed by atoms with Crippen LogP contribution in [0.15, 0.2) is 0 Å². The molecular formula is C12H12F15N. The molecule has 0 spiro atoms. The highest BCUT2D eigenvalue weighted by Crippen LogP contribution is 2.61. The van der Waals surface area contributed by atoms with Gasteiger partial charge in [-0.2, -0.15) is 65.9 Å². The first-order valence-corrected chi connectivity index (χ1v) is 7.00. The normalized spacial score (nSPS) is 16.1. The molecule has 28 heavy (non-hydrogen) atoms. The SMILES string of the molecule is CC(C)CCNC(F)(F)C(F)(F)C(F)(F)C(F)(F)C(F)(F)C(F)(F)C(F)(F)F. The minimum atomic E-state index is -8.24. The van der Waals surface area contributed by atoms with Crippen LogP contribution in [0, 0.1) is 5.92 Å². The lowest BCUT2D eigenvalue weighted by atomic mass is 9.93. The van der Waals surface area contributed by atoms with Crippen LogP contribution in [0.2, 0.25) is 0 Å². The zero-order valence-corrected chi connectivity index (χ0v) is 13.7. The molecule has 0 heterocycles. The van der Waals surface area contributed by atoms with Gasteiger partial charge in [0.2, 0.25) is 0 Å². The molecule has 0 fully saturated rings. The molecular weight excluding hydrogens is 443 g/mol. The van der Waals surface area contributed by atoms with Gasteiger partial charge in [0.05, 0.1) is 0 Å². The summed E-state index contributed by atoms with van der Waals surface area (Å²) < 4.78 is 193. The maximum Gasteiger partial charge on any atom is 0.460 e. The van der Waals surface area contributed by atoms with Crippen molar-refractivity contribution in [3.8, 4) is 0 Å². The van der Waals surface area contributed by atoms with Crippen molar-refractivity contribution in [3.05, 3.63) is 0 Å². The van der Waals surface area contributed by atoms with E-state index in [1.165, 1.54) is 13.8 Å². The second-order valence-electron chi connectivity index (χ2n) is 6.05. The van der Waals surface area contributed by atoms with E-state index in [1.807, 2.05) is 0 Å². The van der Waals surface area contributed by atoms with Crippen molar-refractivity contribution in [2.24, 2.45) is 5.92 Å². The first-order chi connectivity index (χ1) is 11.9. The number of rotatable bonds is 9. The maximum atomic E-state index is 13.3. The van der Waals surface area contributed by atoms with E-state index in [0.29, 0.717) is 5.32 Å². The van der Waals surface area contributed by atoms with E-state index >= 15 is 0 Å². The van der Waals surface area contributed by atoms with Crippen LogP contribution in [0.25, 0.3) is 0 Å². The van der Waals surface area contributed by atoms with Gasteiger partial charge in [0.1, 0.15) is 0 Å². The Balaban J connectivity index is 6.17. The first-order valence-electron chi connectivity index (χ1n) is 7.00. The van der Waals surface area contributed by atoms with Crippen molar-refractivity contribution in [2.45, 2.75) is 62.1 Å². The van der Waals surface area contributed by atoms with E-state index < -0.39 is 60.7 Å². The molecule has 1 N–H and O–H groups in total. The van der Waals surface area contributed by atoms with Gasteiger partial charge < -0.3 is 0 Å². The average Bonchev–Trinajstić information content (AvgIpc) is 2.44. The Morgan fingerprint density at radius 2 is 0.857 bits per heavy atom. The zero-order valence-electron chi connectivity index (χ0n) is 13.7. The highest BCUT2D eigenvalue weighted by atomic mass is 19.4. The van der Waals surface area contributed by atoms with Gasteiger partial charge in [0, 0.05) is 6.54 Å². The van der Waals surface area contributed by atoms with Gasteiger partial charge in [0.15, 0.2) is 0 Å². The molecule has 0 saturated carbocycles. The Morgan fingerprint density at radius 1 is 0.536 bits per heavy atom. The molecule has 0 unspecified atom stereocenters. The fourth-order valence-corrected chi connectivity index (χ4v) is 1.60. The molecule has 0 radical (unpaired) electrons. The number of alkyl halides is 15. The third kappa shape index (κ3) is 3.97. The standard InChI is InChI=1S/C12H12F15N/c1-5(2)3-4-28-12(26,27)10(21,22)8(17,18)6(13,14)7(15,16)9(19,20)11(23,24)25/h5,28H,3-4H2,1-2H3. The van der Waals surface area contributed by atoms with Gasteiger partial charge in [-0.15, -0.1) is 0 Å². The molecule has 16 heteroatoms. The average molecular weight is 455 g/mol. The summed E-state index contributed by atoms with van der Waals surface area (Å²) in [5.41, 5.74) is 0. The predicted octanol–water partition coefficient (Wildman–Crippen LogP) is 5.95. The van der Waals surface area contributed by atoms with Gasteiger partial charge in [-0.3, -0.25) is 5.32 Å². The minimum absolute atomic E-state index is 0.378. The summed E-state index contributed by atoms with van der Waals surface area (Å²) in [5.74, 6) is -40.5. The summed E-state index contributed by atoms with van der Waals surface area (Å²) >= 11 is 0. The van der Waals surface area contributed by atoms with E-state index in [9.17, 15) is 65.9 Å². The molecule has 0 aliphatic heterocycles. The van der Waals surface area contributed by atoms with Crippen molar-refractivity contribution in [1.29, 1.82) is 0 Å². The number of hydrogen-bond acceptors (Lipinski definition) is 1. The quantitative estimate of drug-likeness (QED) is 0.335. The Hall–Kier alpha value is -1.09. The smallest absolute Gasteiger partial charge is 0.253 e. The summed E-state index contributed by atoms with van der Waals surface area (Å²) in [5, 5.41) is 0.378. The second-order valence-corrected chi connectivity index (χ2v) is 6.05. The number of halogens is 15. The van der Waals surface area contributed by atoms with Gasteiger partial charge >= 0.3 is 41.8 Å². The monoisotopic (exact) mass is 455 g/mol. The van der Waals surface area contributed by atoms with Crippen LogP contribution in [-0.2, 0) is 0 Å². The van der Waals surface area contributed by atoms with Crippen LogP contribution in [-0.4, -0.2) is 48.4 Å². The van der Waals surface area contributed by atoms with E-state index in [-0.39, 0.29) is 0 Å². The van der Waals surface area contributed by atoms with E-state index in [1.54, 1.807) is 0 Å². The first kappa shape index (κ1) is 26.9. The highest BCUT2D eigenvalue weighted by molar-refractivity contribution is 5.12. The molecule has 0 aliphatic rings. The fraction of sp³-hybridized carbons (Fsp3) is 1.00. The van der Waals surface area contributed by atoms with Crippen LogP contribution < -0.4 is 5.32 Å². The summed E-state index contributed by atoms with van der Waals surface area (Å²) in [7, 11) is 0. The van der Waals surface area contributed by atoms with Gasteiger partial charge in [-0.1, -0.05) is 13.8 Å². The topological polar surface area (TPSA) is 12.0 Å². The predicted molar refractivity (Wildman–Crippen MR) is 63.2 cm³/mol. The Morgan fingerprint density at radius 3 is 1.18 bits per heavy atom. The molecule has 0 bridgehead atoms. The van der Waals surface area contributed by atoms with Crippen molar-refractivity contribution < 1.29 is 65.9 Å². The Bertz CT molecular complexity index is 534. The molecule has 1 nitrogen and oxygen atoms in total. The molecule has 0 aromatic carbocycles. The van der Waals surface area contributed by atoms with E-state index in [0.717, 1.165) is 0 Å². The zero-order chi connectivity index (χ0) is 23.2. The van der Waals surface area contributed by atoms with Crippen LogP contribution in [0.3, 0.4) is 0 Å². The van der Waals surface area contributed by atoms with Crippen molar-refractivity contribution in [1.82, 2.24) is 5.32 Å².